The van der Waals surface area contributed by atoms with E-state index in [1.807, 2.05) is 12.1 Å². The second-order valence-electron chi connectivity index (χ2n) is 4.83. The van der Waals surface area contributed by atoms with Crippen molar-refractivity contribution in [3.05, 3.63) is 54.3 Å². The van der Waals surface area contributed by atoms with Gasteiger partial charge in [0.25, 0.3) is 5.91 Å². The molecule has 0 saturated heterocycles. The van der Waals surface area contributed by atoms with E-state index in [2.05, 4.69) is 20.2 Å². The number of amides is 1. The second-order valence-corrected chi connectivity index (χ2v) is 4.83. The summed E-state index contributed by atoms with van der Waals surface area (Å²) in [6, 6.07) is 3.70. The average Bonchev–Trinajstić information content (AvgIpc) is 3.18. The third kappa shape index (κ3) is 2.85. The fraction of sp³-hybridized carbons (Fsp3) is 0.214. The van der Waals surface area contributed by atoms with Gasteiger partial charge in [-0.15, -0.1) is 0 Å². The van der Waals surface area contributed by atoms with E-state index in [1.165, 1.54) is 16.0 Å². The molecule has 0 unspecified atom stereocenters. The Hall–Kier alpha value is -3.03. The molecule has 8 nitrogen and oxygen atoms in total. The molecule has 0 spiro atoms. The van der Waals surface area contributed by atoms with Crippen LogP contribution in [0.1, 0.15) is 22.1 Å². The number of carbonyl (C=O) groups excluding carboxylic acids is 1. The SMILES string of the molecule is CN(C)C(=O)c1coc(Cc2ccc(-n3nccn3)cn2)n1. The summed E-state index contributed by atoms with van der Waals surface area (Å²) in [4.78, 5) is 23.2. The van der Waals surface area contributed by atoms with E-state index < -0.39 is 0 Å². The van der Waals surface area contributed by atoms with E-state index in [9.17, 15) is 4.79 Å². The summed E-state index contributed by atoms with van der Waals surface area (Å²) in [6.45, 7) is 0. The molecule has 22 heavy (non-hydrogen) atoms. The Labute approximate surface area is 126 Å². The van der Waals surface area contributed by atoms with Crippen molar-refractivity contribution in [2.75, 3.05) is 14.1 Å². The van der Waals surface area contributed by atoms with Gasteiger partial charge in [-0.2, -0.15) is 15.0 Å². The van der Waals surface area contributed by atoms with Gasteiger partial charge in [0.05, 0.1) is 25.0 Å². The van der Waals surface area contributed by atoms with Crippen molar-refractivity contribution in [1.82, 2.24) is 29.9 Å². The third-order valence-corrected chi connectivity index (χ3v) is 2.97. The maximum atomic E-state index is 11.8. The minimum absolute atomic E-state index is 0.192. The molecule has 3 heterocycles. The number of nitrogens with zero attached hydrogens (tertiary/aromatic N) is 6. The van der Waals surface area contributed by atoms with Crippen LogP contribution in [0.4, 0.5) is 0 Å². The lowest BCUT2D eigenvalue weighted by atomic mass is 10.2. The molecule has 0 saturated carbocycles. The predicted octanol–water partition coefficient (Wildman–Crippen LogP) is 0.943. The maximum Gasteiger partial charge on any atom is 0.275 e. The number of hydrogen-bond donors (Lipinski definition) is 0. The van der Waals surface area contributed by atoms with Crippen LogP contribution in [-0.2, 0) is 6.42 Å². The van der Waals surface area contributed by atoms with Gasteiger partial charge in [0.15, 0.2) is 5.69 Å². The van der Waals surface area contributed by atoms with Gasteiger partial charge in [-0.3, -0.25) is 9.78 Å². The van der Waals surface area contributed by atoms with Crippen LogP contribution < -0.4 is 0 Å². The van der Waals surface area contributed by atoms with Crippen LogP contribution in [0.3, 0.4) is 0 Å². The summed E-state index contributed by atoms with van der Waals surface area (Å²) in [5, 5.41) is 8.06. The molecule has 3 aromatic heterocycles. The molecule has 3 rings (SSSR count). The molecule has 0 atom stereocenters. The molecule has 0 aliphatic heterocycles. The summed E-state index contributed by atoms with van der Waals surface area (Å²) >= 11 is 0. The first kappa shape index (κ1) is 13.9. The van der Waals surface area contributed by atoms with Gasteiger partial charge in [0.1, 0.15) is 12.0 Å². The van der Waals surface area contributed by atoms with Crippen molar-refractivity contribution in [3.63, 3.8) is 0 Å². The van der Waals surface area contributed by atoms with Gasteiger partial charge in [0, 0.05) is 19.8 Å². The molecule has 0 N–H and O–H groups in total. The Morgan fingerprint density at radius 3 is 2.68 bits per heavy atom. The molecule has 112 valence electrons. The summed E-state index contributed by atoms with van der Waals surface area (Å²) < 4.78 is 5.31. The van der Waals surface area contributed by atoms with Gasteiger partial charge in [-0.05, 0) is 12.1 Å². The Morgan fingerprint density at radius 2 is 2.05 bits per heavy atom. The first-order valence-electron chi connectivity index (χ1n) is 6.61. The molecule has 0 radical (unpaired) electrons. The fourth-order valence-corrected chi connectivity index (χ4v) is 1.86. The van der Waals surface area contributed by atoms with Crippen LogP contribution in [0, 0.1) is 0 Å². The van der Waals surface area contributed by atoms with E-state index in [4.69, 9.17) is 4.42 Å². The Balaban J connectivity index is 1.72. The van der Waals surface area contributed by atoms with Gasteiger partial charge in [-0.1, -0.05) is 0 Å². The van der Waals surface area contributed by atoms with E-state index >= 15 is 0 Å². The summed E-state index contributed by atoms with van der Waals surface area (Å²) in [5.41, 5.74) is 1.84. The third-order valence-electron chi connectivity index (χ3n) is 2.97. The average molecular weight is 298 g/mol. The Bertz CT molecular complexity index is 761. The molecule has 0 aliphatic carbocycles. The van der Waals surface area contributed by atoms with Crippen molar-refractivity contribution in [1.29, 1.82) is 0 Å². The molecule has 0 aliphatic rings. The second kappa shape index (κ2) is 5.76. The first-order valence-corrected chi connectivity index (χ1v) is 6.61. The van der Waals surface area contributed by atoms with Crippen molar-refractivity contribution >= 4 is 5.91 Å². The van der Waals surface area contributed by atoms with E-state index in [-0.39, 0.29) is 11.6 Å². The molecule has 8 heteroatoms. The Morgan fingerprint density at radius 1 is 1.27 bits per heavy atom. The topological polar surface area (TPSA) is 89.9 Å². The standard InChI is InChI=1S/C14H14N6O2/c1-19(2)14(21)12-9-22-13(18-12)7-10-3-4-11(8-15-10)20-16-5-6-17-20/h3-6,8-9H,7H2,1-2H3. The van der Waals surface area contributed by atoms with Crippen LogP contribution in [0.25, 0.3) is 5.69 Å². The predicted molar refractivity (Wildman–Crippen MR) is 76.5 cm³/mol. The lowest BCUT2D eigenvalue weighted by Gasteiger charge is -2.05. The monoisotopic (exact) mass is 298 g/mol. The largest absolute Gasteiger partial charge is 0.448 e. The zero-order chi connectivity index (χ0) is 15.5. The van der Waals surface area contributed by atoms with Crippen molar-refractivity contribution in [3.8, 4) is 5.69 Å². The molecular weight excluding hydrogens is 284 g/mol. The van der Waals surface area contributed by atoms with Gasteiger partial charge >= 0.3 is 0 Å². The number of oxazole rings is 1. The van der Waals surface area contributed by atoms with Crippen LogP contribution in [0.15, 0.2) is 41.4 Å². The summed E-state index contributed by atoms with van der Waals surface area (Å²) in [7, 11) is 3.33. The molecule has 1 amide bonds. The van der Waals surface area contributed by atoms with Crippen LogP contribution in [0.5, 0.6) is 0 Å². The van der Waals surface area contributed by atoms with Crippen molar-refractivity contribution < 1.29 is 9.21 Å². The fourth-order valence-electron chi connectivity index (χ4n) is 1.86. The van der Waals surface area contributed by atoms with Crippen LogP contribution >= 0.6 is 0 Å². The van der Waals surface area contributed by atoms with Gasteiger partial charge in [-0.25, -0.2) is 4.98 Å². The maximum absolute atomic E-state index is 11.8. The smallest absolute Gasteiger partial charge is 0.275 e. The highest BCUT2D eigenvalue weighted by Gasteiger charge is 2.14. The quantitative estimate of drug-likeness (QED) is 0.712. The number of carbonyl (C=O) groups is 1. The highest BCUT2D eigenvalue weighted by atomic mass is 16.3. The molecular formula is C14H14N6O2. The van der Waals surface area contributed by atoms with E-state index in [1.54, 1.807) is 32.7 Å². The van der Waals surface area contributed by atoms with Gasteiger partial charge in [0.2, 0.25) is 5.89 Å². The molecule has 0 aromatic carbocycles. The van der Waals surface area contributed by atoms with Crippen molar-refractivity contribution in [2.24, 2.45) is 0 Å². The molecule has 0 bridgehead atoms. The van der Waals surface area contributed by atoms with Crippen molar-refractivity contribution in [2.45, 2.75) is 6.42 Å². The Kier molecular flexibility index (Phi) is 3.65. The number of pyridine rings is 1. The molecule has 3 aromatic rings. The van der Waals surface area contributed by atoms with Crippen LogP contribution in [0.2, 0.25) is 0 Å². The highest BCUT2D eigenvalue weighted by molar-refractivity contribution is 5.91. The number of aromatic nitrogens is 5. The van der Waals surface area contributed by atoms with Crippen LogP contribution in [-0.4, -0.2) is 49.9 Å². The lowest BCUT2D eigenvalue weighted by molar-refractivity contribution is 0.0822. The van der Waals surface area contributed by atoms with Gasteiger partial charge < -0.3 is 9.32 Å². The minimum Gasteiger partial charge on any atom is -0.448 e. The normalized spacial score (nSPS) is 10.6. The highest BCUT2D eigenvalue weighted by Crippen LogP contribution is 2.10. The zero-order valence-corrected chi connectivity index (χ0v) is 12.2. The number of rotatable bonds is 4. The van der Waals surface area contributed by atoms with E-state index in [0.29, 0.717) is 12.3 Å². The number of hydrogen-bond acceptors (Lipinski definition) is 6. The molecule has 0 fully saturated rings. The first-order chi connectivity index (χ1) is 10.6. The van der Waals surface area contributed by atoms with E-state index in [0.717, 1.165) is 11.4 Å². The summed E-state index contributed by atoms with van der Waals surface area (Å²) in [5.74, 6) is 0.255. The summed E-state index contributed by atoms with van der Waals surface area (Å²) in [6.07, 6.45) is 6.64. The minimum atomic E-state index is -0.192. The zero-order valence-electron chi connectivity index (χ0n) is 12.2. The lowest BCUT2D eigenvalue weighted by Crippen LogP contribution is -2.21.